The molecule has 0 saturated carbocycles. The van der Waals surface area contributed by atoms with Crippen molar-refractivity contribution in [1.29, 1.82) is 0 Å². The molecule has 0 fully saturated rings. The molecule has 5 heteroatoms. The van der Waals surface area contributed by atoms with Crippen LogP contribution in [-0.4, -0.2) is 25.1 Å². The summed E-state index contributed by atoms with van der Waals surface area (Å²) in [4.78, 5) is 11.7. The van der Waals surface area contributed by atoms with Gasteiger partial charge in [-0.3, -0.25) is 20.1 Å². The lowest BCUT2D eigenvalue weighted by Crippen LogP contribution is -1.72. The predicted molar refractivity (Wildman–Crippen MR) is 110 cm³/mol. The molecule has 0 aromatic carbocycles. The van der Waals surface area contributed by atoms with Gasteiger partial charge in [0.1, 0.15) is 0 Å². The summed E-state index contributed by atoms with van der Waals surface area (Å²) in [6.07, 6.45) is 12.6. The molecule has 0 bridgehead atoms. The molecule has 4 rings (SSSR count). The fourth-order valence-electron chi connectivity index (χ4n) is 1.64. The van der Waals surface area contributed by atoms with E-state index in [4.69, 9.17) is 0 Å². The van der Waals surface area contributed by atoms with E-state index >= 15 is 0 Å². The summed E-state index contributed by atoms with van der Waals surface area (Å²) >= 11 is 0. The van der Waals surface area contributed by atoms with Crippen molar-refractivity contribution in [2.24, 2.45) is 0 Å². The van der Waals surface area contributed by atoms with E-state index in [-0.39, 0.29) is 0 Å². The van der Waals surface area contributed by atoms with Crippen molar-refractivity contribution in [2.45, 2.75) is 27.7 Å². The van der Waals surface area contributed by atoms with E-state index in [1.807, 2.05) is 82.6 Å². The summed E-state index contributed by atoms with van der Waals surface area (Å²) in [5, 5.41) is 6.38. The average Bonchev–Trinajstić information content (AvgIpc) is 3.16. The van der Waals surface area contributed by atoms with E-state index in [0.717, 1.165) is 5.69 Å². The van der Waals surface area contributed by atoms with Crippen LogP contribution < -0.4 is 0 Å². The van der Waals surface area contributed by atoms with E-state index in [9.17, 15) is 0 Å². The van der Waals surface area contributed by atoms with Crippen molar-refractivity contribution in [3.8, 4) is 0 Å². The van der Waals surface area contributed by atoms with Crippen LogP contribution in [0, 0.1) is 27.7 Å². The van der Waals surface area contributed by atoms with E-state index < -0.39 is 0 Å². The number of pyridine rings is 3. The number of hydrogen-bond acceptors (Lipinski definition) is 4. The van der Waals surface area contributed by atoms with Gasteiger partial charge in [0.2, 0.25) is 0 Å². The number of nitrogens with zero attached hydrogens (tertiary/aromatic N) is 4. The van der Waals surface area contributed by atoms with Crippen LogP contribution in [0.4, 0.5) is 0 Å². The number of rotatable bonds is 0. The number of H-pyrrole nitrogens is 1. The largest absolute Gasteiger partial charge is 0.285 e. The molecule has 0 aliphatic carbocycles. The van der Waals surface area contributed by atoms with Gasteiger partial charge in [-0.05, 0) is 74.7 Å². The SMILES string of the molecule is Cc1ccccn1.Cc1cccnc1.Cc1ccncc1.Cc1cn[nH]c1. The van der Waals surface area contributed by atoms with Gasteiger partial charge >= 0.3 is 0 Å². The maximum Gasteiger partial charge on any atom is 0.0516 e. The molecule has 140 valence electrons. The Kier molecular flexibility index (Phi) is 11.2. The third kappa shape index (κ3) is 12.6. The Labute approximate surface area is 161 Å². The lowest BCUT2D eigenvalue weighted by Gasteiger charge is -1.82. The highest BCUT2D eigenvalue weighted by Gasteiger charge is 1.75. The van der Waals surface area contributed by atoms with Crippen molar-refractivity contribution in [3.05, 3.63) is 108 Å². The minimum absolute atomic E-state index is 1.07. The number of hydrogen-bond donors (Lipinski definition) is 1. The third-order valence-electron chi connectivity index (χ3n) is 3.10. The van der Waals surface area contributed by atoms with Gasteiger partial charge in [-0.1, -0.05) is 12.1 Å². The normalized spacial score (nSPS) is 8.74. The first-order chi connectivity index (χ1) is 13.1. The Balaban J connectivity index is 0.000000180. The molecule has 0 atom stereocenters. The highest BCUT2D eigenvalue weighted by atomic mass is 15.1. The summed E-state index contributed by atoms with van der Waals surface area (Å²) < 4.78 is 0. The smallest absolute Gasteiger partial charge is 0.0516 e. The molecular weight excluding hydrogens is 334 g/mol. The topological polar surface area (TPSA) is 67.3 Å². The minimum Gasteiger partial charge on any atom is -0.285 e. The molecule has 4 aromatic heterocycles. The second-order valence-corrected chi connectivity index (χ2v) is 5.80. The Bertz CT molecular complexity index is 712. The number of aromatic nitrogens is 5. The third-order valence-corrected chi connectivity index (χ3v) is 3.10. The highest BCUT2D eigenvalue weighted by molar-refractivity contribution is 5.06. The van der Waals surface area contributed by atoms with Gasteiger partial charge in [0, 0.05) is 42.9 Å². The van der Waals surface area contributed by atoms with E-state index in [1.165, 1.54) is 16.7 Å². The van der Waals surface area contributed by atoms with Crippen molar-refractivity contribution < 1.29 is 0 Å². The lowest BCUT2D eigenvalue weighted by molar-refractivity contribution is 1.09. The van der Waals surface area contributed by atoms with E-state index in [1.54, 1.807) is 31.0 Å². The Hall–Kier alpha value is -3.34. The fourth-order valence-corrected chi connectivity index (χ4v) is 1.64. The first kappa shape index (κ1) is 21.7. The molecule has 0 spiro atoms. The summed E-state index contributed by atoms with van der Waals surface area (Å²) in [7, 11) is 0. The summed E-state index contributed by atoms with van der Waals surface area (Å²) in [6.45, 7) is 8.03. The minimum atomic E-state index is 1.07. The molecule has 27 heavy (non-hydrogen) atoms. The Morgan fingerprint density at radius 3 is 1.67 bits per heavy atom. The van der Waals surface area contributed by atoms with Gasteiger partial charge in [-0.25, -0.2) is 0 Å². The molecular formula is C22H27N5. The molecule has 0 unspecified atom stereocenters. The summed E-state index contributed by atoms with van der Waals surface area (Å²) in [6, 6.07) is 13.7. The molecule has 0 amide bonds. The quantitative estimate of drug-likeness (QED) is 0.484. The fraction of sp³-hybridized carbons (Fsp3) is 0.182. The van der Waals surface area contributed by atoms with Crippen LogP contribution in [0.15, 0.2) is 85.8 Å². The van der Waals surface area contributed by atoms with Crippen molar-refractivity contribution >= 4 is 0 Å². The molecule has 5 nitrogen and oxygen atoms in total. The number of aromatic amines is 1. The van der Waals surface area contributed by atoms with Gasteiger partial charge in [-0.15, -0.1) is 0 Å². The standard InChI is InChI=1S/3C6H7N.C4H6N2/c1-6-2-4-7-5-3-6;1-6-3-2-4-7-5-6;1-6-4-2-3-5-7-6;1-4-2-5-6-3-4/h3*2-5H,1H3;2-3H,1H3,(H,5,6). The van der Waals surface area contributed by atoms with Crippen molar-refractivity contribution in [2.75, 3.05) is 0 Å². The average molecular weight is 361 g/mol. The van der Waals surface area contributed by atoms with Gasteiger partial charge in [0.05, 0.1) is 6.20 Å². The van der Waals surface area contributed by atoms with Crippen LogP contribution in [0.5, 0.6) is 0 Å². The van der Waals surface area contributed by atoms with Gasteiger partial charge in [0.25, 0.3) is 0 Å². The first-order valence-electron chi connectivity index (χ1n) is 8.64. The van der Waals surface area contributed by atoms with E-state index in [0.29, 0.717) is 0 Å². The predicted octanol–water partition coefficient (Wildman–Crippen LogP) is 4.89. The van der Waals surface area contributed by atoms with E-state index in [2.05, 4.69) is 25.1 Å². The van der Waals surface area contributed by atoms with Gasteiger partial charge in [-0.2, -0.15) is 5.10 Å². The Morgan fingerprint density at radius 2 is 1.41 bits per heavy atom. The lowest BCUT2D eigenvalue weighted by atomic mass is 10.3. The zero-order chi connectivity index (χ0) is 19.7. The number of nitrogens with one attached hydrogen (secondary N) is 1. The zero-order valence-electron chi connectivity index (χ0n) is 16.4. The van der Waals surface area contributed by atoms with Crippen LogP contribution in [0.3, 0.4) is 0 Å². The molecule has 0 radical (unpaired) electrons. The van der Waals surface area contributed by atoms with Crippen molar-refractivity contribution in [1.82, 2.24) is 25.1 Å². The summed E-state index contributed by atoms with van der Waals surface area (Å²) in [5.41, 5.74) is 4.72. The van der Waals surface area contributed by atoms with Crippen LogP contribution >= 0.6 is 0 Å². The molecule has 4 heterocycles. The molecule has 4 aromatic rings. The summed E-state index contributed by atoms with van der Waals surface area (Å²) in [5.74, 6) is 0. The first-order valence-corrected chi connectivity index (χ1v) is 8.64. The highest BCUT2D eigenvalue weighted by Crippen LogP contribution is 1.89. The maximum atomic E-state index is 3.98. The molecule has 0 aliphatic rings. The second-order valence-electron chi connectivity index (χ2n) is 5.80. The van der Waals surface area contributed by atoms with Gasteiger partial charge < -0.3 is 0 Å². The monoisotopic (exact) mass is 361 g/mol. The maximum absolute atomic E-state index is 3.98. The zero-order valence-corrected chi connectivity index (χ0v) is 16.4. The van der Waals surface area contributed by atoms with Crippen LogP contribution in [-0.2, 0) is 0 Å². The second kappa shape index (κ2) is 13.9. The van der Waals surface area contributed by atoms with Crippen LogP contribution in [0.2, 0.25) is 0 Å². The molecule has 0 aliphatic heterocycles. The van der Waals surface area contributed by atoms with Crippen molar-refractivity contribution in [3.63, 3.8) is 0 Å². The number of aryl methyl sites for hydroxylation is 4. The van der Waals surface area contributed by atoms with Gasteiger partial charge in [0.15, 0.2) is 0 Å². The van der Waals surface area contributed by atoms with Crippen LogP contribution in [0.1, 0.15) is 22.4 Å². The molecule has 0 saturated heterocycles. The Morgan fingerprint density at radius 1 is 0.630 bits per heavy atom. The molecule has 1 N–H and O–H groups in total. The van der Waals surface area contributed by atoms with Crippen LogP contribution in [0.25, 0.3) is 0 Å².